The smallest absolute Gasteiger partial charge is 0.343 e. The summed E-state index contributed by atoms with van der Waals surface area (Å²) in [5, 5.41) is 0.875. The summed E-state index contributed by atoms with van der Waals surface area (Å²) < 4.78 is 16.0. The van der Waals surface area contributed by atoms with Gasteiger partial charge in [-0.1, -0.05) is 11.6 Å². The van der Waals surface area contributed by atoms with E-state index in [0.717, 1.165) is 11.5 Å². The van der Waals surface area contributed by atoms with E-state index in [4.69, 9.17) is 21.1 Å². The third-order valence-corrected chi connectivity index (χ3v) is 5.35. The lowest BCUT2D eigenvalue weighted by molar-refractivity contribution is 0.0524. The van der Waals surface area contributed by atoms with Gasteiger partial charge >= 0.3 is 5.97 Å². The highest BCUT2D eigenvalue weighted by molar-refractivity contribution is 7.08. The van der Waals surface area contributed by atoms with Crippen LogP contribution in [-0.4, -0.2) is 43.6 Å². The number of ether oxygens (including phenoxy) is 2. The van der Waals surface area contributed by atoms with Crippen molar-refractivity contribution in [1.82, 2.24) is 23.9 Å². The molecular weight excluding hydrogens is 442 g/mol. The molecule has 4 heterocycles. The number of nitrogens with zero attached hydrogens (tertiary/aromatic N) is 5. The summed E-state index contributed by atoms with van der Waals surface area (Å²) in [5.41, 5.74) is 0.948. The molecule has 9 nitrogen and oxygen atoms in total. The molecule has 0 aliphatic rings. The molecule has 0 saturated heterocycles. The number of esters is 1. The van der Waals surface area contributed by atoms with E-state index in [1.54, 1.807) is 38.2 Å². The average molecular weight is 458 g/mol. The van der Waals surface area contributed by atoms with Gasteiger partial charge in [-0.05, 0) is 31.5 Å². The van der Waals surface area contributed by atoms with Gasteiger partial charge in [-0.3, -0.25) is 9.36 Å². The van der Waals surface area contributed by atoms with Gasteiger partial charge in [-0.25, -0.2) is 14.8 Å². The van der Waals surface area contributed by atoms with Crippen molar-refractivity contribution in [1.29, 1.82) is 0 Å². The predicted molar refractivity (Wildman–Crippen MR) is 116 cm³/mol. The summed E-state index contributed by atoms with van der Waals surface area (Å²) >= 11 is 7.23. The number of hydrogen-bond donors (Lipinski definition) is 0. The van der Waals surface area contributed by atoms with Crippen LogP contribution in [0.1, 0.15) is 22.8 Å². The zero-order valence-electron chi connectivity index (χ0n) is 16.7. The van der Waals surface area contributed by atoms with E-state index < -0.39 is 11.4 Å². The van der Waals surface area contributed by atoms with Crippen LogP contribution in [0, 0.1) is 6.92 Å². The molecule has 11 heteroatoms. The molecule has 0 bridgehead atoms. The maximum atomic E-state index is 13.0. The summed E-state index contributed by atoms with van der Waals surface area (Å²) in [6.07, 6.45) is 2.96. The second kappa shape index (κ2) is 8.40. The van der Waals surface area contributed by atoms with Crippen LogP contribution in [0.15, 0.2) is 35.4 Å². The molecule has 4 aromatic heterocycles. The van der Waals surface area contributed by atoms with E-state index in [1.807, 2.05) is 0 Å². The second-order valence-electron chi connectivity index (χ2n) is 6.41. The van der Waals surface area contributed by atoms with Crippen molar-refractivity contribution >= 4 is 40.1 Å². The predicted octanol–water partition coefficient (Wildman–Crippen LogP) is 3.45. The minimum absolute atomic E-state index is 0.121. The Bertz CT molecular complexity index is 1350. The van der Waals surface area contributed by atoms with Gasteiger partial charge in [0.15, 0.2) is 11.5 Å². The fourth-order valence-corrected chi connectivity index (χ4v) is 3.93. The summed E-state index contributed by atoms with van der Waals surface area (Å²) in [5.74, 6) is 0.180. The first-order chi connectivity index (χ1) is 14.9. The molecule has 158 valence electrons. The average Bonchev–Trinajstić information content (AvgIpc) is 3.23. The van der Waals surface area contributed by atoms with Gasteiger partial charge in [0, 0.05) is 35.6 Å². The minimum Gasteiger partial charge on any atom is -0.481 e. The van der Waals surface area contributed by atoms with Crippen LogP contribution in [0.4, 0.5) is 0 Å². The fraction of sp³-hybridized carbons (Fsp3) is 0.200. The first-order valence-corrected chi connectivity index (χ1v) is 10.3. The Morgan fingerprint density at radius 3 is 2.77 bits per heavy atom. The van der Waals surface area contributed by atoms with Crippen molar-refractivity contribution in [2.24, 2.45) is 0 Å². The Kier molecular flexibility index (Phi) is 5.66. The monoisotopic (exact) mass is 457 g/mol. The van der Waals surface area contributed by atoms with Gasteiger partial charge < -0.3 is 9.47 Å². The number of halogens is 1. The number of aromatic nitrogens is 5. The minimum atomic E-state index is -0.721. The van der Waals surface area contributed by atoms with Crippen molar-refractivity contribution in [3.05, 3.63) is 57.1 Å². The molecule has 0 saturated carbocycles. The van der Waals surface area contributed by atoms with Gasteiger partial charge in [0.25, 0.3) is 0 Å². The normalized spacial score (nSPS) is 11.0. The molecule has 0 amide bonds. The number of hydrogen-bond acceptors (Lipinski definition) is 9. The highest BCUT2D eigenvalue weighted by atomic mass is 35.5. The zero-order valence-corrected chi connectivity index (χ0v) is 18.3. The van der Waals surface area contributed by atoms with E-state index in [1.165, 1.54) is 17.9 Å². The van der Waals surface area contributed by atoms with Crippen molar-refractivity contribution in [3.8, 4) is 22.4 Å². The Morgan fingerprint density at radius 2 is 2.10 bits per heavy atom. The van der Waals surface area contributed by atoms with Crippen LogP contribution in [0.2, 0.25) is 5.15 Å². The molecule has 0 unspecified atom stereocenters. The quantitative estimate of drug-likeness (QED) is 0.331. The second-order valence-corrected chi connectivity index (χ2v) is 7.53. The van der Waals surface area contributed by atoms with Crippen molar-refractivity contribution < 1.29 is 14.3 Å². The van der Waals surface area contributed by atoms with Crippen LogP contribution in [-0.2, 0) is 4.74 Å². The molecule has 0 aliphatic heterocycles. The van der Waals surface area contributed by atoms with Gasteiger partial charge in [-0.2, -0.15) is 9.36 Å². The third-order valence-electron chi connectivity index (χ3n) is 4.44. The number of aryl methyl sites for hydroxylation is 1. The lowest BCUT2D eigenvalue weighted by Crippen LogP contribution is -2.21. The first kappa shape index (κ1) is 20.9. The maximum absolute atomic E-state index is 13.0. The van der Waals surface area contributed by atoms with E-state index in [-0.39, 0.29) is 28.4 Å². The molecule has 31 heavy (non-hydrogen) atoms. The largest absolute Gasteiger partial charge is 0.481 e. The summed E-state index contributed by atoms with van der Waals surface area (Å²) in [4.78, 5) is 38.4. The SMILES string of the molecule is CCOC(=O)c1cn(-c2nc(-c3ccc(OC)nc3)ns2)c2nc(Cl)cc(C)c2c1=O. The lowest BCUT2D eigenvalue weighted by Gasteiger charge is -2.11. The fourth-order valence-electron chi connectivity index (χ4n) is 3.02. The molecule has 0 atom stereocenters. The summed E-state index contributed by atoms with van der Waals surface area (Å²) in [6.45, 7) is 3.54. The zero-order chi connectivity index (χ0) is 22.1. The highest BCUT2D eigenvalue weighted by Gasteiger charge is 2.21. The molecule has 4 rings (SSSR count). The maximum Gasteiger partial charge on any atom is 0.343 e. The Labute approximate surface area is 185 Å². The van der Waals surface area contributed by atoms with Crippen LogP contribution in [0.5, 0.6) is 5.88 Å². The first-order valence-electron chi connectivity index (χ1n) is 9.17. The van der Waals surface area contributed by atoms with Crippen LogP contribution >= 0.6 is 23.1 Å². The van der Waals surface area contributed by atoms with Crippen LogP contribution in [0.25, 0.3) is 27.6 Å². The lowest BCUT2D eigenvalue weighted by atomic mass is 10.1. The number of fused-ring (bicyclic) bond motifs is 1. The summed E-state index contributed by atoms with van der Waals surface area (Å²) in [7, 11) is 1.53. The van der Waals surface area contributed by atoms with Crippen LogP contribution < -0.4 is 10.2 Å². The van der Waals surface area contributed by atoms with E-state index >= 15 is 0 Å². The number of methoxy groups -OCH3 is 1. The Morgan fingerprint density at radius 1 is 1.29 bits per heavy atom. The van der Waals surface area contributed by atoms with Gasteiger partial charge in [0.2, 0.25) is 16.4 Å². The molecule has 0 aliphatic carbocycles. The molecule has 4 aromatic rings. The van der Waals surface area contributed by atoms with Crippen molar-refractivity contribution in [2.45, 2.75) is 13.8 Å². The van der Waals surface area contributed by atoms with Gasteiger partial charge in [-0.15, -0.1) is 0 Å². The topological polar surface area (TPSA) is 109 Å². The van der Waals surface area contributed by atoms with E-state index in [9.17, 15) is 9.59 Å². The van der Waals surface area contributed by atoms with E-state index in [0.29, 0.717) is 28.0 Å². The number of pyridine rings is 3. The Hall–Kier alpha value is -3.37. The standard InChI is InChI=1S/C20H16ClN5O4S/c1-4-30-19(28)12-9-26(18-15(16(12)27)10(2)7-13(21)23-18)20-24-17(25-31-20)11-5-6-14(29-3)22-8-11/h5-9H,4H2,1-3H3. The molecule has 0 fully saturated rings. The third kappa shape index (κ3) is 3.87. The molecular formula is C20H16ClN5O4S. The molecule has 0 spiro atoms. The molecule has 0 radical (unpaired) electrons. The van der Waals surface area contributed by atoms with E-state index in [2.05, 4.69) is 19.3 Å². The Balaban J connectivity index is 1.92. The molecule has 0 N–H and O–H groups in total. The van der Waals surface area contributed by atoms with Crippen LogP contribution in [0.3, 0.4) is 0 Å². The van der Waals surface area contributed by atoms with Crippen molar-refractivity contribution in [2.75, 3.05) is 13.7 Å². The van der Waals surface area contributed by atoms with Gasteiger partial charge in [0.1, 0.15) is 10.7 Å². The number of carbonyl (C=O) groups excluding carboxylic acids is 1. The highest BCUT2D eigenvalue weighted by Crippen LogP contribution is 2.25. The van der Waals surface area contributed by atoms with Gasteiger partial charge in [0.05, 0.1) is 19.1 Å². The summed E-state index contributed by atoms with van der Waals surface area (Å²) in [6, 6.07) is 5.05. The van der Waals surface area contributed by atoms with Crippen molar-refractivity contribution in [3.63, 3.8) is 0 Å². The molecule has 0 aromatic carbocycles. The number of rotatable bonds is 5. The number of carbonyl (C=O) groups is 1.